The molecular weight excluding hydrogens is 307 g/mol. The molecule has 0 aliphatic heterocycles. The number of rotatable bonds is 2. The lowest BCUT2D eigenvalue weighted by molar-refractivity contribution is -0.146. The minimum atomic E-state index is -4.29. The fourth-order valence-electron chi connectivity index (χ4n) is 2.44. The number of nitrogen functional groups attached to an aromatic ring is 1. The van der Waals surface area contributed by atoms with Crippen LogP contribution in [0.4, 0.5) is 19.1 Å². The molecule has 8 heteroatoms. The van der Waals surface area contributed by atoms with Gasteiger partial charge in [-0.25, -0.2) is 9.50 Å². The summed E-state index contributed by atoms with van der Waals surface area (Å²) in [5, 5.41) is 4.10. The predicted molar refractivity (Wildman–Crippen MR) is 79.8 cm³/mol. The van der Waals surface area contributed by atoms with Gasteiger partial charge in [0.25, 0.3) is 0 Å². The number of anilines is 1. The summed E-state index contributed by atoms with van der Waals surface area (Å²) in [4.78, 5) is 8.07. The summed E-state index contributed by atoms with van der Waals surface area (Å²) in [6, 6.07) is 5.19. The van der Waals surface area contributed by atoms with Gasteiger partial charge in [0.2, 0.25) is 5.95 Å². The van der Waals surface area contributed by atoms with Gasteiger partial charge in [0.05, 0.1) is 29.0 Å². The predicted octanol–water partition coefficient (Wildman–Crippen LogP) is 3.35. The first kappa shape index (κ1) is 15.3. The van der Waals surface area contributed by atoms with E-state index in [1.165, 1.54) is 6.20 Å². The Hall–Kier alpha value is -2.64. The molecule has 0 aromatic carbocycles. The van der Waals surface area contributed by atoms with Crippen LogP contribution in [-0.4, -0.2) is 25.8 Å². The molecular formula is C15H14F3N5. The van der Waals surface area contributed by atoms with Gasteiger partial charge in [-0.1, -0.05) is 0 Å². The van der Waals surface area contributed by atoms with Crippen molar-refractivity contribution in [2.45, 2.75) is 25.9 Å². The van der Waals surface area contributed by atoms with Crippen molar-refractivity contribution in [3.8, 4) is 11.4 Å². The number of halogens is 3. The molecule has 1 atom stereocenters. The fourth-order valence-corrected chi connectivity index (χ4v) is 2.44. The quantitative estimate of drug-likeness (QED) is 0.786. The van der Waals surface area contributed by atoms with Crippen LogP contribution in [0.15, 0.2) is 30.6 Å². The topological polar surface area (TPSA) is 69.1 Å². The van der Waals surface area contributed by atoms with Crippen LogP contribution in [0.5, 0.6) is 0 Å². The average molecular weight is 321 g/mol. The van der Waals surface area contributed by atoms with Gasteiger partial charge < -0.3 is 5.73 Å². The zero-order valence-electron chi connectivity index (χ0n) is 12.5. The standard InChI is InChI=1S/C15H14F3N5/c1-8-5-12(20-7-11(8)9(2)15(16,17)18)13-4-3-10-6-21-14(19)22-23(10)13/h3-7,9H,1-2H3,(H2,19,22). The number of aryl methyl sites for hydroxylation is 1. The fraction of sp³-hybridized carbons (Fsp3) is 0.267. The van der Waals surface area contributed by atoms with Gasteiger partial charge in [-0.05, 0) is 43.2 Å². The van der Waals surface area contributed by atoms with E-state index in [0.717, 1.165) is 12.4 Å². The highest BCUT2D eigenvalue weighted by molar-refractivity contribution is 5.64. The highest BCUT2D eigenvalue weighted by atomic mass is 19.4. The van der Waals surface area contributed by atoms with Gasteiger partial charge in [0, 0.05) is 6.20 Å². The van der Waals surface area contributed by atoms with Crippen LogP contribution in [0.25, 0.3) is 16.9 Å². The first-order chi connectivity index (χ1) is 10.8. The van der Waals surface area contributed by atoms with E-state index in [-0.39, 0.29) is 11.5 Å². The third-order valence-corrected chi connectivity index (χ3v) is 3.79. The van der Waals surface area contributed by atoms with Crippen LogP contribution in [0, 0.1) is 6.92 Å². The summed E-state index contributed by atoms with van der Waals surface area (Å²) in [6.45, 7) is 2.77. The maximum absolute atomic E-state index is 12.9. The van der Waals surface area contributed by atoms with Gasteiger partial charge in [-0.15, -0.1) is 5.10 Å². The molecule has 0 fully saturated rings. The van der Waals surface area contributed by atoms with Crippen LogP contribution < -0.4 is 5.73 Å². The Kier molecular flexibility index (Phi) is 3.46. The molecule has 3 heterocycles. The van der Waals surface area contributed by atoms with Crippen molar-refractivity contribution in [3.63, 3.8) is 0 Å². The molecule has 0 aliphatic rings. The Bertz CT molecular complexity index is 869. The molecule has 0 radical (unpaired) electrons. The molecule has 5 nitrogen and oxygen atoms in total. The molecule has 1 unspecified atom stereocenters. The number of pyridine rings is 1. The van der Waals surface area contributed by atoms with E-state index in [1.807, 2.05) is 0 Å². The Morgan fingerprint density at radius 3 is 2.57 bits per heavy atom. The molecule has 3 aromatic heterocycles. The first-order valence-corrected chi connectivity index (χ1v) is 6.91. The lowest BCUT2D eigenvalue weighted by atomic mass is 9.97. The van der Waals surface area contributed by atoms with Crippen LogP contribution in [0.2, 0.25) is 0 Å². The monoisotopic (exact) mass is 321 g/mol. The zero-order valence-corrected chi connectivity index (χ0v) is 12.5. The lowest BCUT2D eigenvalue weighted by Gasteiger charge is -2.18. The van der Waals surface area contributed by atoms with E-state index in [4.69, 9.17) is 5.73 Å². The van der Waals surface area contributed by atoms with Gasteiger partial charge in [-0.2, -0.15) is 13.2 Å². The lowest BCUT2D eigenvalue weighted by Crippen LogP contribution is -2.19. The largest absolute Gasteiger partial charge is 0.395 e. The summed E-state index contributed by atoms with van der Waals surface area (Å²) < 4.78 is 40.2. The third kappa shape index (κ3) is 2.71. The normalized spacial score (nSPS) is 13.4. The van der Waals surface area contributed by atoms with Crippen LogP contribution >= 0.6 is 0 Å². The molecule has 0 saturated carbocycles. The SMILES string of the molecule is Cc1cc(-c2ccc3cnc(N)nn23)ncc1C(C)C(F)(F)F. The Labute approximate surface area is 130 Å². The van der Waals surface area contributed by atoms with E-state index in [1.54, 1.807) is 35.8 Å². The summed E-state index contributed by atoms with van der Waals surface area (Å²) in [6.07, 6.45) is -1.46. The smallest absolute Gasteiger partial charge is 0.367 e. The van der Waals surface area contributed by atoms with Gasteiger partial charge in [0.1, 0.15) is 0 Å². The first-order valence-electron chi connectivity index (χ1n) is 6.91. The van der Waals surface area contributed by atoms with E-state index in [0.29, 0.717) is 17.0 Å². The molecule has 3 aromatic rings. The second-order valence-corrected chi connectivity index (χ2v) is 5.36. The Morgan fingerprint density at radius 1 is 1.17 bits per heavy atom. The van der Waals surface area contributed by atoms with Crippen molar-refractivity contribution in [1.29, 1.82) is 0 Å². The van der Waals surface area contributed by atoms with Gasteiger partial charge >= 0.3 is 6.18 Å². The van der Waals surface area contributed by atoms with Gasteiger partial charge in [-0.3, -0.25) is 4.98 Å². The molecule has 0 amide bonds. The van der Waals surface area contributed by atoms with E-state index in [2.05, 4.69) is 15.1 Å². The van der Waals surface area contributed by atoms with Crippen molar-refractivity contribution in [2.75, 3.05) is 5.73 Å². The van der Waals surface area contributed by atoms with E-state index in [9.17, 15) is 13.2 Å². The molecule has 0 bridgehead atoms. The van der Waals surface area contributed by atoms with Crippen molar-refractivity contribution in [3.05, 3.63) is 41.7 Å². The number of nitrogens with two attached hydrogens (primary N) is 1. The number of aromatic nitrogens is 4. The van der Waals surface area contributed by atoms with Crippen LogP contribution in [0.3, 0.4) is 0 Å². The van der Waals surface area contributed by atoms with Crippen molar-refractivity contribution >= 4 is 11.5 Å². The van der Waals surface area contributed by atoms with Gasteiger partial charge in [0.15, 0.2) is 0 Å². The highest BCUT2D eigenvalue weighted by Crippen LogP contribution is 2.36. The Balaban J connectivity index is 2.07. The number of fused-ring (bicyclic) bond motifs is 1. The average Bonchev–Trinajstić information content (AvgIpc) is 2.88. The summed E-state index contributed by atoms with van der Waals surface area (Å²) in [7, 11) is 0. The molecule has 0 spiro atoms. The zero-order chi connectivity index (χ0) is 16.8. The molecule has 23 heavy (non-hydrogen) atoms. The molecule has 0 saturated heterocycles. The number of alkyl halides is 3. The minimum Gasteiger partial charge on any atom is -0.367 e. The summed E-state index contributed by atoms with van der Waals surface area (Å²) in [5.74, 6) is -1.46. The molecule has 3 rings (SSSR count). The number of hydrogen-bond donors (Lipinski definition) is 1. The maximum Gasteiger partial charge on any atom is 0.395 e. The minimum absolute atomic E-state index is 0.106. The van der Waals surface area contributed by atoms with Crippen molar-refractivity contribution in [2.24, 2.45) is 0 Å². The molecule has 120 valence electrons. The molecule has 0 aliphatic carbocycles. The van der Waals surface area contributed by atoms with Crippen LogP contribution in [0.1, 0.15) is 24.0 Å². The second-order valence-electron chi connectivity index (χ2n) is 5.36. The maximum atomic E-state index is 12.9. The van der Waals surface area contributed by atoms with E-state index >= 15 is 0 Å². The number of hydrogen-bond acceptors (Lipinski definition) is 4. The third-order valence-electron chi connectivity index (χ3n) is 3.79. The summed E-state index contributed by atoms with van der Waals surface area (Å²) >= 11 is 0. The second kappa shape index (κ2) is 5.22. The van der Waals surface area contributed by atoms with E-state index < -0.39 is 12.1 Å². The highest BCUT2D eigenvalue weighted by Gasteiger charge is 2.38. The van der Waals surface area contributed by atoms with Crippen molar-refractivity contribution in [1.82, 2.24) is 19.6 Å². The summed E-state index contributed by atoms with van der Waals surface area (Å²) in [5.41, 5.74) is 8.16. The Morgan fingerprint density at radius 2 is 1.91 bits per heavy atom. The van der Waals surface area contributed by atoms with Crippen molar-refractivity contribution < 1.29 is 13.2 Å². The van der Waals surface area contributed by atoms with Crippen LogP contribution in [-0.2, 0) is 0 Å². The molecule has 2 N–H and O–H groups in total. The number of nitrogens with zero attached hydrogens (tertiary/aromatic N) is 4.